The highest BCUT2D eigenvalue weighted by Crippen LogP contribution is 2.43. The summed E-state index contributed by atoms with van der Waals surface area (Å²) in [5.74, 6) is 1.51. The molecule has 6 nitrogen and oxygen atoms in total. The molecule has 1 saturated heterocycles. The van der Waals surface area contributed by atoms with Gasteiger partial charge in [-0.05, 0) is 62.4 Å². The molecular formula is C21H25N5O. The number of anilines is 1. The van der Waals surface area contributed by atoms with E-state index in [2.05, 4.69) is 25.6 Å². The molecule has 5 rings (SSSR count). The van der Waals surface area contributed by atoms with E-state index in [4.69, 9.17) is 5.73 Å². The van der Waals surface area contributed by atoms with E-state index in [1.807, 2.05) is 12.1 Å². The fourth-order valence-corrected chi connectivity index (χ4v) is 4.69. The molecule has 1 aliphatic heterocycles. The van der Waals surface area contributed by atoms with Crippen molar-refractivity contribution in [3.63, 3.8) is 0 Å². The molecule has 2 aliphatic rings. The monoisotopic (exact) mass is 363 g/mol. The van der Waals surface area contributed by atoms with Gasteiger partial charge in [-0.3, -0.25) is 0 Å². The van der Waals surface area contributed by atoms with Crippen LogP contribution in [0.2, 0.25) is 0 Å². The molecule has 3 N–H and O–H groups in total. The normalized spacial score (nSPS) is 23.0. The maximum Gasteiger partial charge on any atom is 0.146 e. The molecule has 6 heteroatoms. The highest BCUT2D eigenvalue weighted by Gasteiger charge is 2.34. The van der Waals surface area contributed by atoms with Crippen LogP contribution in [0.25, 0.3) is 22.2 Å². The molecular weight excluding hydrogens is 338 g/mol. The first-order valence-electron chi connectivity index (χ1n) is 9.82. The van der Waals surface area contributed by atoms with Crippen molar-refractivity contribution >= 4 is 16.9 Å². The Morgan fingerprint density at radius 1 is 1.15 bits per heavy atom. The third-order valence-electron chi connectivity index (χ3n) is 6.12. The summed E-state index contributed by atoms with van der Waals surface area (Å²) in [7, 11) is 0. The van der Waals surface area contributed by atoms with Crippen LogP contribution in [0.4, 0.5) is 5.82 Å². The number of nitrogen functional groups attached to an aromatic ring is 1. The number of fused-ring (bicyclic) bond motifs is 1. The molecule has 2 fully saturated rings. The summed E-state index contributed by atoms with van der Waals surface area (Å²) in [4.78, 5) is 11.3. The van der Waals surface area contributed by atoms with Gasteiger partial charge < -0.3 is 20.3 Å². The van der Waals surface area contributed by atoms with Gasteiger partial charge >= 0.3 is 0 Å². The number of nitrogens with zero attached hydrogens (tertiary/aromatic N) is 4. The van der Waals surface area contributed by atoms with Gasteiger partial charge in [0.1, 0.15) is 23.5 Å². The van der Waals surface area contributed by atoms with Crippen LogP contribution in [0.3, 0.4) is 0 Å². The molecule has 0 atom stereocenters. The highest BCUT2D eigenvalue weighted by atomic mass is 16.3. The first-order chi connectivity index (χ1) is 13.2. The lowest BCUT2D eigenvalue weighted by Gasteiger charge is -2.38. The average Bonchev–Trinajstić information content (AvgIpc) is 3.26. The highest BCUT2D eigenvalue weighted by molar-refractivity contribution is 6.00. The minimum Gasteiger partial charge on any atom is -0.508 e. The van der Waals surface area contributed by atoms with E-state index in [1.165, 1.54) is 45.3 Å². The number of hydrogen-bond acceptors (Lipinski definition) is 5. The molecule has 27 heavy (non-hydrogen) atoms. The van der Waals surface area contributed by atoms with Crippen LogP contribution in [-0.2, 0) is 0 Å². The van der Waals surface area contributed by atoms with E-state index in [0.717, 1.165) is 28.1 Å². The predicted octanol–water partition coefficient (Wildman–Crippen LogP) is 3.43. The number of phenols is 1. The summed E-state index contributed by atoms with van der Waals surface area (Å²) in [6, 6.07) is 7.74. The minimum absolute atomic E-state index is 0.248. The average molecular weight is 363 g/mol. The quantitative estimate of drug-likeness (QED) is 0.742. The van der Waals surface area contributed by atoms with E-state index in [9.17, 15) is 5.11 Å². The standard InChI is InChI=1S/C21H25N5O/c22-20-19-18(15-4-3-5-17(27)10-15)12-26(21(19)24-13-23-20)16-8-14(9-16)11-25-6-1-2-7-25/h3-5,10,12-14,16,27H,1-2,6-9,11H2,(H2,22,23,24). The molecule has 1 aromatic carbocycles. The maximum atomic E-state index is 9.89. The zero-order chi connectivity index (χ0) is 18.4. The Labute approximate surface area is 158 Å². The first-order valence-corrected chi connectivity index (χ1v) is 9.82. The van der Waals surface area contributed by atoms with E-state index < -0.39 is 0 Å². The smallest absolute Gasteiger partial charge is 0.146 e. The summed E-state index contributed by atoms with van der Waals surface area (Å²) in [6.45, 7) is 3.75. The largest absolute Gasteiger partial charge is 0.508 e. The maximum absolute atomic E-state index is 9.89. The molecule has 0 bridgehead atoms. The number of hydrogen-bond donors (Lipinski definition) is 2. The predicted molar refractivity (Wildman–Crippen MR) is 106 cm³/mol. The lowest BCUT2D eigenvalue weighted by Crippen LogP contribution is -2.35. The first kappa shape index (κ1) is 16.6. The van der Waals surface area contributed by atoms with Crippen molar-refractivity contribution in [2.45, 2.75) is 31.7 Å². The van der Waals surface area contributed by atoms with Crippen LogP contribution in [0.5, 0.6) is 5.75 Å². The molecule has 3 heterocycles. The van der Waals surface area contributed by atoms with Crippen LogP contribution in [0, 0.1) is 5.92 Å². The lowest BCUT2D eigenvalue weighted by atomic mass is 9.79. The molecule has 0 spiro atoms. The van der Waals surface area contributed by atoms with Gasteiger partial charge in [-0.25, -0.2) is 9.97 Å². The van der Waals surface area contributed by atoms with Gasteiger partial charge in [-0.2, -0.15) is 0 Å². The fraction of sp³-hybridized carbons (Fsp3) is 0.429. The zero-order valence-electron chi connectivity index (χ0n) is 15.4. The number of rotatable bonds is 4. The Morgan fingerprint density at radius 2 is 1.96 bits per heavy atom. The van der Waals surface area contributed by atoms with E-state index >= 15 is 0 Å². The van der Waals surface area contributed by atoms with Crippen LogP contribution in [0.1, 0.15) is 31.7 Å². The Morgan fingerprint density at radius 3 is 2.74 bits per heavy atom. The van der Waals surface area contributed by atoms with Crippen molar-refractivity contribution in [3.8, 4) is 16.9 Å². The van der Waals surface area contributed by atoms with Gasteiger partial charge in [0.15, 0.2) is 0 Å². The van der Waals surface area contributed by atoms with Gasteiger partial charge in [0.25, 0.3) is 0 Å². The fourth-order valence-electron chi connectivity index (χ4n) is 4.69. The van der Waals surface area contributed by atoms with Crippen molar-refractivity contribution in [3.05, 3.63) is 36.8 Å². The number of likely N-dealkylation sites (tertiary alicyclic amines) is 1. The van der Waals surface area contributed by atoms with Crippen LogP contribution in [0.15, 0.2) is 36.8 Å². The molecule has 2 aromatic heterocycles. The van der Waals surface area contributed by atoms with Crippen molar-refractivity contribution in [2.75, 3.05) is 25.4 Å². The summed E-state index contributed by atoms with van der Waals surface area (Å²) in [5.41, 5.74) is 9.03. The summed E-state index contributed by atoms with van der Waals surface area (Å²) < 4.78 is 2.27. The van der Waals surface area contributed by atoms with Gasteiger partial charge in [0.2, 0.25) is 0 Å². The summed E-state index contributed by atoms with van der Waals surface area (Å²) >= 11 is 0. The molecule has 3 aromatic rings. The second-order valence-corrected chi connectivity index (χ2v) is 7.96. The van der Waals surface area contributed by atoms with Crippen molar-refractivity contribution in [1.82, 2.24) is 19.4 Å². The Bertz CT molecular complexity index is 970. The Hall–Kier alpha value is -2.60. The van der Waals surface area contributed by atoms with Gasteiger partial charge in [0.05, 0.1) is 5.39 Å². The summed E-state index contributed by atoms with van der Waals surface area (Å²) in [6.07, 6.45) is 8.75. The molecule has 0 unspecified atom stereocenters. The molecule has 1 aliphatic carbocycles. The third kappa shape index (κ3) is 2.94. The van der Waals surface area contributed by atoms with E-state index in [0.29, 0.717) is 11.9 Å². The summed E-state index contributed by atoms with van der Waals surface area (Å²) in [5, 5.41) is 10.8. The minimum atomic E-state index is 0.248. The molecule has 140 valence electrons. The van der Waals surface area contributed by atoms with Crippen LogP contribution in [-0.4, -0.2) is 44.2 Å². The number of phenolic OH excluding ortho intramolecular Hbond substituents is 1. The van der Waals surface area contributed by atoms with E-state index in [1.54, 1.807) is 18.5 Å². The molecule has 1 saturated carbocycles. The van der Waals surface area contributed by atoms with E-state index in [-0.39, 0.29) is 5.75 Å². The molecule has 0 radical (unpaired) electrons. The zero-order valence-corrected chi connectivity index (χ0v) is 15.4. The van der Waals surface area contributed by atoms with Crippen LogP contribution < -0.4 is 5.73 Å². The van der Waals surface area contributed by atoms with Gasteiger partial charge in [-0.1, -0.05) is 12.1 Å². The van der Waals surface area contributed by atoms with Gasteiger partial charge in [-0.15, -0.1) is 0 Å². The Kier molecular flexibility index (Phi) is 4.01. The Balaban J connectivity index is 1.46. The second-order valence-electron chi connectivity index (χ2n) is 7.96. The van der Waals surface area contributed by atoms with Crippen molar-refractivity contribution in [2.24, 2.45) is 5.92 Å². The van der Waals surface area contributed by atoms with Crippen molar-refractivity contribution in [1.29, 1.82) is 0 Å². The number of benzene rings is 1. The second kappa shape index (κ2) is 6.53. The van der Waals surface area contributed by atoms with Crippen molar-refractivity contribution < 1.29 is 5.11 Å². The lowest BCUT2D eigenvalue weighted by molar-refractivity contribution is 0.145. The number of nitrogens with two attached hydrogens (primary N) is 1. The number of aromatic hydroxyl groups is 1. The SMILES string of the molecule is Nc1ncnc2c1c(-c1cccc(O)c1)cn2C1CC(CN2CCCC2)C1. The number of aromatic nitrogens is 3. The van der Waals surface area contributed by atoms with Crippen LogP contribution >= 0.6 is 0 Å². The van der Waals surface area contributed by atoms with Gasteiger partial charge in [0, 0.05) is 24.3 Å². The topological polar surface area (TPSA) is 80.2 Å². The third-order valence-corrected chi connectivity index (χ3v) is 6.12. The molecule has 0 amide bonds.